The molecule has 1 aromatic carbocycles. The number of aromatic nitrogens is 2. The van der Waals surface area contributed by atoms with Crippen LogP contribution in [-0.2, 0) is 13.0 Å². The van der Waals surface area contributed by atoms with E-state index in [2.05, 4.69) is 36.6 Å². The van der Waals surface area contributed by atoms with Gasteiger partial charge in [-0.15, -0.1) is 0 Å². The van der Waals surface area contributed by atoms with Crippen LogP contribution < -0.4 is 5.73 Å². The SMILES string of the molecule is CCCc1nc2cc(N)ccc2n1CC1(N(C)C)CCC1. The molecule has 4 nitrogen and oxygen atoms in total. The number of nitrogens with zero attached hydrogens (tertiary/aromatic N) is 3. The van der Waals surface area contributed by atoms with Gasteiger partial charge in [-0.3, -0.25) is 0 Å². The highest BCUT2D eigenvalue weighted by Gasteiger charge is 2.40. The van der Waals surface area contributed by atoms with Crippen LogP contribution in [0.3, 0.4) is 0 Å². The summed E-state index contributed by atoms with van der Waals surface area (Å²) in [4.78, 5) is 7.23. The van der Waals surface area contributed by atoms with Gasteiger partial charge in [-0.2, -0.15) is 0 Å². The molecule has 1 saturated carbocycles. The molecule has 0 saturated heterocycles. The molecule has 2 aromatic rings. The molecule has 114 valence electrons. The van der Waals surface area contributed by atoms with E-state index >= 15 is 0 Å². The van der Waals surface area contributed by atoms with Crippen molar-refractivity contribution in [3.63, 3.8) is 0 Å². The summed E-state index contributed by atoms with van der Waals surface area (Å²) in [6.07, 6.45) is 6.03. The Balaban J connectivity index is 2.05. The van der Waals surface area contributed by atoms with Gasteiger partial charge in [0, 0.05) is 24.2 Å². The first-order valence-electron chi connectivity index (χ1n) is 7.98. The summed E-state index contributed by atoms with van der Waals surface area (Å²) in [5.41, 5.74) is 9.27. The number of hydrogen-bond donors (Lipinski definition) is 1. The fraction of sp³-hybridized carbons (Fsp3) is 0.588. The summed E-state index contributed by atoms with van der Waals surface area (Å²) in [5.74, 6) is 1.20. The molecule has 1 aliphatic carbocycles. The molecule has 0 amide bonds. The van der Waals surface area contributed by atoms with E-state index in [0.29, 0.717) is 5.54 Å². The van der Waals surface area contributed by atoms with E-state index < -0.39 is 0 Å². The highest BCUT2D eigenvalue weighted by Crippen LogP contribution is 2.38. The molecule has 4 heteroatoms. The Kier molecular flexibility index (Phi) is 3.66. The monoisotopic (exact) mass is 286 g/mol. The average Bonchev–Trinajstić information content (AvgIpc) is 2.70. The number of rotatable bonds is 5. The van der Waals surface area contributed by atoms with Crippen molar-refractivity contribution in [1.29, 1.82) is 0 Å². The zero-order valence-corrected chi connectivity index (χ0v) is 13.4. The van der Waals surface area contributed by atoms with Crippen molar-refractivity contribution < 1.29 is 0 Å². The lowest BCUT2D eigenvalue weighted by Crippen LogP contribution is -2.53. The molecule has 21 heavy (non-hydrogen) atoms. The maximum absolute atomic E-state index is 5.91. The smallest absolute Gasteiger partial charge is 0.109 e. The predicted octanol–water partition coefficient (Wildman–Crippen LogP) is 3.06. The van der Waals surface area contributed by atoms with Gasteiger partial charge in [0.2, 0.25) is 0 Å². The molecule has 1 aliphatic rings. The van der Waals surface area contributed by atoms with Crippen molar-refractivity contribution in [1.82, 2.24) is 14.5 Å². The molecule has 0 spiro atoms. The quantitative estimate of drug-likeness (QED) is 0.859. The van der Waals surface area contributed by atoms with Gasteiger partial charge < -0.3 is 15.2 Å². The van der Waals surface area contributed by atoms with Gasteiger partial charge in [-0.1, -0.05) is 6.92 Å². The van der Waals surface area contributed by atoms with E-state index in [-0.39, 0.29) is 0 Å². The number of nitrogen functional groups attached to an aromatic ring is 1. The highest BCUT2D eigenvalue weighted by atomic mass is 15.2. The molecule has 0 radical (unpaired) electrons. The molecule has 0 unspecified atom stereocenters. The standard InChI is InChI=1S/C17H26N4/c1-4-6-16-19-14-11-13(18)7-8-15(14)21(16)12-17(20(2)3)9-5-10-17/h7-8,11H,4-6,9-10,12,18H2,1-3H3. The van der Waals surface area contributed by atoms with E-state index in [9.17, 15) is 0 Å². The molecular formula is C17H26N4. The van der Waals surface area contributed by atoms with E-state index in [4.69, 9.17) is 10.7 Å². The van der Waals surface area contributed by atoms with Gasteiger partial charge in [0.15, 0.2) is 0 Å². The largest absolute Gasteiger partial charge is 0.399 e. The maximum atomic E-state index is 5.91. The minimum atomic E-state index is 0.303. The number of anilines is 1. The Labute approximate surface area is 126 Å². The van der Waals surface area contributed by atoms with Gasteiger partial charge in [-0.05, 0) is 58.0 Å². The van der Waals surface area contributed by atoms with Crippen LogP contribution in [-0.4, -0.2) is 34.1 Å². The summed E-state index contributed by atoms with van der Waals surface area (Å²) in [5, 5.41) is 0. The molecule has 1 fully saturated rings. The van der Waals surface area contributed by atoms with E-state index in [0.717, 1.165) is 30.6 Å². The minimum Gasteiger partial charge on any atom is -0.399 e. The van der Waals surface area contributed by atoms with Gasteiger partial charge in [-0.25, -0.2) is 4.98 Å². The second kappa shape index (κ2) is 5.34. The third-order valence-corrected chi connectivity index (χ3v) is 5.01. The minimum absolute atomic E-state index is 0.303. The zero-order valence-electron chi connectivity index (χ0n) is 13.4. The summed E-state index contributed by atoms with van der Waals surface area (Å²) in [7, 11) is 4.41. The van der Waals surface area contributed by atoms with Gasteiger partial charge >= 0.3 is 0 Å². The summed E-state index contributed by atoms with van der Waals surface area (Å²) >= 11 is 0. The number of likely N-dealkylation sites (N-methyl/N-ethyl adjacent to an activating group) is 1. The second-order valence-corrected chi connectivity index (χ2v) is 6.58. The molecule has 2 N–H and O–H groups in total. The van der Waals surface area contributed by atoms with Crippen LogP contribution in [0.1, 0.15) is 38.4 Å². The lowest BCUT2D eigenvalue weighted by atomic mass is 9.75. The van der Waals surface area contributed by atoms with Crippen LogP contribution in [0.2, 0.25) is 0 Å². The molecule has 0 atom stereocenters. The van der Waals surface area contributed by atoms with Crippen molar-refractivity contribution in [2.45, 2.75) is 51.1 Å². The van der Waals surface area contributed by atoms with Crippen molar-refractivity contribution in [3.05, 3.63) is 24.0 Å². The first kappa shape index (κ1) is 14.4. The summed E-state index contributed by atoms with van der Waals surface area (Å²) in [6, 6.07) is 6.10. The first-order chi connectivity index (χ1) is 10.1. The van der Waals surface area contributed by atoms with Crippen molar-refractivity contribution in [2.75, 3.05) is 19.8 Å². The number of nitrogens with two attached hydrogens (primary N) is 1. The van der Waals surface area contributed by atoms with Gasteiger partial charge in [0.05, 0.1) is 11.0 Å². The number of fused-ring (bicyclic) bond motifs is 1. The van der Waals surface area contributed by atoms with Crippen LogP contribution in [0.15, 0.2) is 18.2 Å². The maximum Gasteiger partial charge on any atom is 0.109 e. The van der Waals surface area contributed by atoms with Crippen LogP contribution in [0.25, 0.3) is 11.0 Å². The lowest BCUT2D eigenvalue weighted by molar-refractivity contribution is 0.0427. The number of benzene rings is 1. The Morgan fingerprint density at radius 3 is 2.67 bits per heavy atom. The molecule has 0 aliphatic heterocycles. The van der Waals surface area contributed by atoms with Crippen LogP contribution >= 0.6 is 0 Å². The summed E-state index contributed by atoms with van der Waals surface area (Å²) in [6.45, 7) is 3.25. The highest BCUT2D eigenvalue weighted by molar-refractivity contribution is 5.79. The molecule has 1 aromatic heterocycles. The van der Waals surface area contributed by atoms with Crippen molar-refractivity contribution in [3.8, 4) is 0 Å². The normalized spacial score (nSPS) is 17.3. The summed E-state index contributed by atoms with van der Waals surface area (Å²) < 4.78 is 2.43. The molecule has 3 rings (SSSR count). The van der Waals surface area contributed by atoms with Crippen molar-refractivity contribution in [2.24, 2.45) is 0 Å². The first-order valence-corrected chi connectivity index (χ1v) is 7.98. The van der Waals surface area contributed by atoms with Crippen molar-refractivity contribution >= 4 is 16.7 Å². The Morgan fingerprint density at radius 2 is 2.10 bits per heavy atom. The van der Waals surface area contributed by atoms with Crippen LogP contribution in [0.5, 0.6) is 0 Å². The number of hydrogen-bond acceptors (Lipinski definition) is 3. The van der Waals surface area contributed by atoms with Gasteiger partial charge in [0.1, 0.15) is 5.82 Å². The van der Waals surface area contributed by atoms with E-state index in [1.807, 2.05) is 12.1 Å². The lowest BCUT2D eigenvalue weighted by Gasteiger charge is -2.47. The predicted molar refractivity (Wildman–Crippen MR) is 88.4 cm³/mol. The Bertz CT molecular complexity index is 638. The third kappa shape index (κ3) is 2.42. The fourth-order valence-electron chi connectivity index (χ4n) is 3.41. The van der Waals surface area contributed by atoms with E-state index in [1.165, 1.54) is 30.6 Å². The molecule has 1 heterocycles. The molecule has 0 bridgehead atoms. The Hall–Kier alpha value is -1.55. The number of aryl methyl sites for hydroxylation is 1. The van der Waals surface area contributed by atoms with Crippen LogP contribution in [0, 0.1) is 0 Å². The third-order valence-electron chi connectivity index (χ3n) is 5.01. The topological polar surface area (TPSA) is 47.1 Å². The second-order valence-electron chi connectivity index (χ2n) is 6.58. The molecular weight excluding hydrogens is 260 g/mol. The van der Waals surface area contributed by atoms with E-state index in [1.54, 1.807) is 0 Å². The van der Waals surface area contributed by atoms with Gasteiger partial charge in [0.25, 0.3) is 0 Å². The van der Waals surface area contributed by atoms with Crippen LogP contribution in [0.4, 0.5) is 5.69 Å². The average molecular weight is 286 g/mol. The number of imidazole rings is 1. The zero-order chi connectivity index (χ0) is 15.0. The Morgan fingerprint density at radius 1 is 1.33 bits per heavy atom. The fourth-order valence-corrected chi connectivity index (χ4v) is 3.41.